The maximum atomic E-state index is 12.5. The van der Waals surface area contributed by atoms with Crippen molar-refractivity contribution in [2.24, 2.45) is 0 Å². The van der Waals surface area contributed by atoms with Crippen molar-refractivity contribution < 1.29 is 4.52 Å². The fraction of sp³-hybridized carbons (Fsp3) is 0.444. The molecule has 3 heterocycles. The fourth-order valence-corrected chi connectivity index (χ4v) is 4.03. The Morgan fingerprint density at radius 2 is 1.96 bits per heavy atom. The number of rotatable bonds is 0. The molecule has 0 radical (unpaired) electrons. The van der Waals surface area contributed by atoms with E-state index in [0.717, 1.165) is 28.5 Å². The number of hydrogen-bond donors (Lipinski definition) is 1. The molecule has 0 fully saturated rings. The summed E-state index contributed by atoms with van der Waals surface area (Å²) in [7, 11) is 0. The van der Waals surface area contributed by atoms with E-state index in [1.165, 1.54) is 0 Å². The molecule has 5 heteroatoms. The zero-order valence-electron chi connectivity index (χ0n) is 14.0. The molecule has 4 rings (SSSR count). The number of fused-ring (bicyclic) bond motifs is 2. The molecular weight excluding hydrogens is 292 g/mol. The number of benzene rings is 1. The molecule has 0 aliphatic carbocycles. The lowest BCUT2D eigenvalue weighted by molar-refractivity contribution is 0.126. The Balaban J connectivity index is 2.35. The van der Waals surface area contributed by atoms with E-state index in [0.29, 0.717) is 22.4 Å². The van der Waals surface area contributed by atoms with Crippen LogP contribution in [0.4, 0.5) is 0 Å². The SMILES string of the molecule is Cc1c(C)c2cc3c4c(c(=O)on4C(C)(C)CC3C)c2[nH]c1=O. The third-order valence-corrected chi connectivity index (χ3v) is 5.34. The Morgan fingerprint density at radius 1 is 1.26 bits per heavy atom. The zero-order valence-corrected chi connectivity index (χ0v) is 14.0. The standard InChI is InChI=1S/C18H20N2O3/c1-8-7-18(4,5)20-15-11(8)6-12-9(2)10(3)16(21)19-14(12)13(15)17(22)23-20/h6,8H,7H2,1-5H3,(H,19,21). The number of nitrogens with zero attached hydrogens (tertiary/aromatic N) is 1. The lowest BCUT2D eigenvalue weighted by Crippen LogP contribution is -2.31. The van der Waals surface area contributed by atoms with Gasteiger partial charge in [0.1, 0.15) is 5.39 Å². The minimum atomic E-state index is -0.382. The quantitative estimate of drug-likeness (QED) is 0.692. The Bertz CT molecular complexity index is 1100. The minimum absolute atomic E-state index is 0.152. The number of nitrogens with one attached hydrogen (secondary N) is 1. The molecule has 1 aliphatic heterocycles. The van der Waals surface area contributed by atoms with E-state index in [2.05, 4.69) is 31.8 Å². The van der Waals surface area contributed by atoms with E-state index < -0.39 is 0 Å². The molecule has 1 aromatic carbocycles. The summed E-state index contributed by atoms with van der Waals surface area (Å²) in [5.41, 5.74) is 3.35. The van der Waals surface area contributed by atoms with E-state index in [1.54, 1.807) is 4.74 Å². The number of aromatic nitrogens is 2. The molecule has 0 amide bonds. The third kappa shape index (κ3) is 1.68. The Labute approximate surface area is 132 Å². The molecule has 0 spiro atoms. The number of aromatic amines is 1. The molecule has 5 nitrogen and oxygen atoms in total. The highest BCUT2D eigenvalue weighted by molar-refractivity contribution is 6.06. The molecule has 1 aliphatic rings. The maximum Gasteiger partial charge on any atom is 0.367 e. The minimum Gasteiger partial charge on any atom is -0.335 e. The molecule has 1 unspecified atom stereocenters. The summed E-state index contributed by atoms with van der Waals surface area (Å²) in [4.78, 5) is 27.6. The van der Waals surface area contributed by atoms with Gasteiger partial charge in [0.2, 0.25) is 0 Å². The topological polar surface area (TPSA) is 68.0 Å². The normalized spacial score (nSPS) is 19.6. The molecule has 3 aromatic rings. The molecule has 1 N–H and O–H groups in total. The molecule has 0 saturated heterocycles. The second kappa shape index (κ2) is 4.16. The second-order valence-corrected chi connectivity index (χ2v) is 7.41. The predicted octanol–water partition coefficient (Wildman–Crippen LogP) is 3.30. The lowest BCUT2D eigenvalue weighted by Gasteiger charge is -2.34. The van der Waals surface area contributed by atoms with Gasteiger partial charge in [-0.3, -0.25) is 4.79 Å². The van der Waals surface area contributed by atoms with Crippen molar-refractivity contribution in [3.8, 4) is 0 Å². The van der Waals surface area contributed by atoms with Crippen LogP contribution in [0.25, 0.3) is 21.8 Å². The van der Waals surface area contributed by atoms with Crippen LogP contribution in [0.2, 0.25) is 0 Å². The summed E-state index contributed by atoms with van der Waals surface area (Å²) < 4.78 is 7.30. The van der Waals surface area contributed by atoms with Gasteiger partial charge in [-0.2, -0.15) is 4.74 Å². The van der Waals surface area contributed by atoms with E-state index in [9.17, 15) is 9.59 Å². The first kappa shape index (κ1) is 14.3. The Morgan fingerprint density at radius 3 is 2.65 bits per heavy atom. The van der Waals surface area contributed by atoms with Crippen LogP contribution in [0.3, 0.4) is 0 Å². The van der Waals surface area contributed by atoms with E-state index in [4.69, 9.17) is 4.52 Å². The molecule has 120 valence electrons. The lowest BCUT2D eigenvalue weighted by atomic mass is 9.82. The van der Waals surface area contributed by atoms with Crippen molar-refractivity contribution >= 4 is 21.8 Å². The summed E-state index contributed by atoms with van der Waals surface area (Å²) in [6, 6.07) is 2.11. The number of hydrogen-bond acceptors (Lipinski definition) is 3. The summed E-state index contributed by atoms with van der Waals surface area (Å²) in [6.07, 6.45) is 0.902. The van der Waals surface area contributed by atoms with Gasteiger partial charge in [0.15, 0.2) is 0 Å². The molecule has 23 heavy (non-hydrogen) atoms. The van der Waals surface area contributed by atoms with E-state index in [-0.39, 0.29) is 16.7 Å². The van der Waals surface area contributed by atoms with Gasteiger partial charge in [-0.1, -0.05) is 6.92 Å². The molecule has 1 atom stereocenters. The average Bonchev–Trinajstić information content (AvgIpc) is 2.82. The van der Waals surface area contributed by atoms with Crippen molar-refractivity contribution in [3.05, 3.63) is 43.5 Å². The molecule has 2 aromatic heterocycles. The van der Waals surface area contributed by atoms with Gasteiger partial charge in [0.05, 0.1) is 16.6 Å². The first-order valence-electron chi connectivity index (χ1n) is 7.95. The van der Waals surface area contributed by atoms with Crippen LogP contribution in [-0.2, 0) is 5.54 Å². The number of aryl methyl sites for hydroxylation is 1. The van der Waals surface area contributed by atoms with Gasteiger partial charge in [0, 0.05) is 10.9 Å². The van der Waals surface area contributed by atoms with Crippen molar-refractivity contribution in [2.45, 2.75) is 52.5 Å². The summed E-state index contributed by atoms with van der Waals surface area (Å²) in [5.74, 6) is 0.320. The number of pyridine rings is 1. The highest BCUT2D eigenvalue weighted by Crippen LogP contribution is 2.43. The van der Waals surface area contributed by atoms with Gasteiger partial charge in [-0.25, -0.2) is 4.79 Å². The van der Waals surface area contributed by atoms with E-state index in [1.807, 2.05) is 13.8 Å². The first-order valence-corrected chi connectivity index (χ1v) is 7.95. The Kier molecular flexibility index (Phi) is 2.59. The third-order valence-electron chi connectivity index (χ3n) is 5.34. The monoisotopic (exact) mass is 312 g/mol. The first-order chi connectivity index (χ1) is 10.7. The van der Waals surface area contributed by atoms with Crippen molar-refractivity contribution in [3.63, 3.8) is 0 Å². The maximum absolute atomic E-state index is 12.5. The Hall–Kier alpha value is -2.30. The zero-order chi connectivity index (χ0) is 16.7. The van der Waals surface area contributed by atoms with Crippen LogP contribution in [0.1, 0.15) is 49.8 Å². The van der Waals surface area contributed by atoms with Gasteiger partial charge < -0.3 is 9.51 Å². The molecule has 0 bridgehead atoms. The van der Waals surface area contributed by atoms with Gasteiger partial charge in [-0.15, -0.1) is 0 Å². The summed E-state index contributed by atoms with van der Waals surface area (Å²) >= 11 is 0. The number of H-pyrrole nitrogens is 1. The van der Waals surface area contributed by atoms with Gasteiger partial charge in [0.25, 0.3) is 5.56 Å². The van der Waals surface area contributed by atoms with Crippen molar-refractivity contribution in [1.29, 1.82) is 0 Å². The van der Waals surface area contributed by atoms with Crippen LogP contribution >= 0.6 is 0 Å². The smallest absolute Gasteiger partial charge is 0.335 e. The van der Waals surface area contributed by atoms with Crippen LogP contribution in [0, 0.1) is 13.8 Å². The van der Waals surface area contributed by atoms with E-state index >= 15 is 0 Å². The van der Waals surface area contributed by atoms with Crippen LogP contribution < -0.4 is 11.2 Å². The highest BCUT2D eigenvalue weighted by atomic mass is 16.5. The summed E-state index contributed by atoms with van der Waals surface area (Å²) in [6.45, 7) is 10.1. The van der Waals surface area contributed by atoms with Gasteiger partial charge >= 0.3 is 5.63 Å². The predicted molar refractivity (Wildman–Crippen MR) is 90.4 cm³/mol. The largest absolute Gasteiger partial charge is 0.367 e. The van der Waals surface area contributed by atoms with Crippen LogP contribution in [-0.4, -0.2) is 9.72 Å². The van der Waals surface area contributed by atoms with Gasteiger partial charge in [-0.05, 0) is 57.2 Å². The fourth-order valence-electron chi connectivity index (χ4n) is 4.03. The van der Waals surface area contributed by atoms with Crippen LogP contribution in [0.5, 0.6) is 0 Å². The summed E-state index contributed by atoms with van der Waals surface area (Å²) in [5, 5.41) is 1.43. The van der Waals surface area contributed by atoms with Crippen molar-refractivity contribution in [1.82, 2.24) is 9.72 Å². The second-order valence-electron chi connectivity index (χ2n) is 7.41. The van der Waals surface area contributed by atoms with Crippen LogP contribution in [0.15, 0.2) is 20.2 Å². The molecule has 0 saturated carbocycles. The van der Waals surface area contributed by atoms with Crippen molar-refractivity contribution in [2.75, 3.05) is 0 Å². The highest BCUT2D eigenvalue weighted by Gasteiger charge is 2.36. The average molecular weight is 312 g/mol. The molecular formula is C18H20N2O3.